The molecule has 2 heterocycles. The van der Waals surface area contributed by atoms with E-state index >= 15 is 0 Å². The van der Waals surface area contributed by atoms with Crippen molar-refractivity contribution < 1.29 is 0 Å². The van der Waals surface area contributed by atoms with Crippen molar-refractivity contribution in [1.29, 1.82) is 0 Å². The van der Waals surface area contributed by atoms with E-state index in [0.29, 0.717) is 0 Å². The fraction of sp³-hybridized carbons (Fsp3) is 0.500. The summed E-state index contributed by atoms with van der Waals surface area (Å²) in [5.41, 5.74) is 10.4. The smallest absolute Gasteiger partial charge is 0.129 e. The van der Waals surface area contributed by atoms with E-state index < -0.39 is 16.1 Å². The number of nitrogens with zero attached hydrogens (tertiary/aromatic N) is 3. The molecule has 2 saturated heterocycles. The molecule has 0 N–H and O–H groups in total. The van der Waals surface area contributed by atoms with E-state index in [1.165, 1.54) is 57.8 Å². The summed E-state index contributed by atoms with van der Waals surface area (Å²) in [6.45, 7) is 20.9. The lowest BCUT2D eigenvalue weighted by molar-refractivity contribution is 0.0982. The Labute approximate surface area is 243 Å². The number of piperidine rings is 1. The molecule has 0 saturated carbocycles. The first kappa shape index (κ1) is 30.7. The maximum atomic E-state index is 3.45. The lowest BCUT2D eigenvalue weighted by Gasteiger charge is -2.42. The van der Waals surface area contributed by atoms with Gasteiger partial charge in [-0.05, 0) is 68.4 Å². The molecule has 2 aromatic carbocycles. The van der Waals surface area contributed by atoms with Crippen molar-refractivity contribution in [2.24, 2.45) is 0 Å². The molecule has 204 valence electrons. The van der Waals surface area contributed by atoms with E-state index in [-0.39, 0.29) is 0 Å². The molecule has 0 atom stereocenters. The average molecular weight is 609 g/mol. The quantitative estimate of drug-likeness (QED) is 0.274. The monoisotopic (exact) mass is 607 g/mol. The van der Waals surface area contributed by atoms with E-state index in [4.69, 9.17) is 0 Å². The summed E-state index contributed by atoms with van der Waals surface area (Å²) >= 11 is 3.40. The van der Waals surface area contributed by atoms with Crippen LogP contribution in [-0.2, 0) is 0 Å². The minimum Gasteiger partial charge on any atom is -0.371 e. The van der Waals surface area contributed by atoms with Gasteiger partial charge in [0.2, 0.25) is 0 Å². The first-order chi connectivity index (χ1) is 17.9. The van der Waals surface area contributed by atoms with Crippen molar-refractivity contribution in [2.45, 2.75) is 58.2 Å². The number of piperazine rings is 1. The van der Waals surface area contributed by atoms with Crippen LogP contribution in [0.1, 0.15) is 24.0 Å². The molecule has 0 radical (unpaired) electrons. The summed E-state index contributed by atoms with van der Waals surface area (Å²) in [5, 5.41) is 0. The molecule has 0 unspecified atom stereocenters. The molecular weight excluding hydrogens is 562 g/mol. The van der Waals surface area contributed by atoms with Gasteiger partial charge >= 0.3 is 0 Å². The molecular formula is C32H46BrN3Si2. The number of likely N-dealkylation sites (N-methyl/N-ethyl adjacent to an activating group) is 1. The number of hydrogen-bond acceptors (Lipinski definition) is 3. The zero-order valence-corrected chi connectivity index (χ0v) is 28.2. The third-order valence-electron chi connectivity index (χ3n) is 6.76. The highest BCUT2D eigenvalue weighted by Gasteiger charge is 2.26. The molecule has 6 heteroatoms. The van der Waals surface area contributed by atoms with Gasteiger partial charge in [0.15, 0.2) is 0 Å². The summed E-state index contributed by atoms with van der Waals surface area (Å²) in [5.74, 6) is 6.55. The highest BCUT2D eigenvalue weighted by atomic mass is 79.9. The van der Waals surface area contributed by atoms with Gasteiger partial charge in [0.25, 0.3) is 0 Å². The fourth-order valence-corrected chi connectivity index (χ4v) is 5.79. The first-order valence-electron chi connectivity index (χ1n) is 14.0. The van der Waals surface area contributed by atoms with Crippen LogP contribution in [0, 0.1) is 22.9 Å². The van der Waals surface area contributed by atoms with Crippen LogP contribution < -0.4 is 4.90 Å². The molecule has 3 nitrogen and oxygen atoms in total. The Balaban J connectivity index is 0.000000260. The highest BCUT2D eigenvalue weighted by molar-refractivity contribution is 9.10. The van der Waals surface area contributed by atoms with Crippen molar-refractivity contribution >= 4 is 37.8 Å². The van der Waals surface area contributed by atoms with Crippen LogP contribution in [0.4, 0.5) is 5.69 Å². The second-order valence-electron chi connectivity index (χ2n) is 12.6. The predicted molar refractivity (Wildman–Crippen MR) is 175 cm³/mol. The minimum atomic E-state index is -1.29. The van der Waals surface area contributed by atoms with Crippen molar-refractivity contribution in [3.8, 4) is 22.9 Å². The predicted octanol–water partition coefficient (Wildman–Crippen LogP) is 6.81. The molecule has 0 amide bonds. The Morgan fingerprint density at radius 3 is 1.55 bits per heavy atom. The highest BCUT2D eigenvalue weighted by Crippen LogP contribution is 2.23. The number of anilines is 1. The fourth-order valence-electron chi connectivity index (χ4n) is 4.48. The van der Waals surface area contributed by atoms with E-state index in [9.17, 15) is 0 Å². The second-order valence-corrected chi connectivity index (χ2v) is 23.0. The van der Waals surface area contributed by atoms with Gasteiger partial charge in [-0.1, -0.05) is 67.1 Å². The van der Waals surface area contributed by atoms with Gasteiger partial charge in [-0.2, -0.15) is 0 Å². The van der Waals surface area contributed by atoms with Crippen molar-refractivity contribution in [3.63, 3.8) is 0 Å². The molecule has 0 bridgehead atoms. The van der Waals surface area contributed by atoms with Gasteiger partial charge in [0.1, 0.15) is 16.1 Å². The third-order valence-corrected chi connectivity index (χ3v) is 9.04. The van der Waals surface area contributed by atoms with Gasteiger partial charge in [0, 0.05) is 66.6 Å². The topological polar surface area (TPSA) is 9.72 Å². The minimum absolute atomic E-state index is 0.784. The molecule has 2 aliphatic heterocycles. The molecule has 38 heavy (non-hydrogen) atoms. The van der Waals surface area contributed by atoms with E-state index in [1.54, 1.807) is 0 Å². The summed E-state index contributed by atoms with van der Waals surface area (Å²) in [6.07, 6.45) is 2.59. The van der Waals surface area contributed by atoms with Crippen LogP contribution >= 0.6 is 15.9 Å². The molecule has 0 spiro atoms. The van der Waals surface area contributed by atoms with Gasteiger partial charge in [-0.15, -0.1) is 11.1 Å². The molecule has 2 aromatic rings. The van der Waals surface area contributed by atoms with Crippen LogP contribution in [-0.4, -0.2) is 78.3 Å². The average Bonchev–Trinajstić information content (AvgIpc) is 2.88. The SMILES string of the molecule is CN1CCN(C2CCN(c3ccc(C#C[Si](C)(C)C)cc3)CC2)CC1.C[Si](C)(C)C#Cc1ccc(Br)cc1. The van der Waals surface area contributed by atoms with Gasteiger partial charge in [0.05, 0.1) is 0 Å². The Morgan fingerprint density at radius 1 is 0.658 bits per heavy atom. The molecule has 2 fully saturated rings. The van der Waals surface area contributed by atoms with Crippen LogP contribution in [0.5, 0.6) is 0 Å². The largest absolute Gasteiger partial charge is 0.371 e. The van der Waals surface area contributed by atoms with Crippen LogP contribution in [0.2, 0.25) is 39.3 Å². The van der Waals surface area contributed by atoms with Gasteiger partial charge in [-0.25, -0.2) is 0 Å². The standard InChI is InChI=1S/C21H33N3Si.C11H13BrSi/c1-22-14-16-24(17-15-22)21-9-12-23(13-10-21)20-7-5-19(6-8-20)11-18-25(2,3)4;1-13(2,3)9-8-10-4-6-11(12)7-5-10/h5-8,21H,9-10,12-17H2,1-4H3;4-7H,1-3H3. The third kappa shape index (κ3) is 11.1. The van der Waals surface area contributed by atoms with E-state index in [2.05, 4.69) is 124 Å². The normalized spacial score (nSPS) is 17.4. The molecule has 0 aliphatic carbocycles. The number of rotatable bonds is 2. The summed E-state index contributed by atoms with van der Waals surface area (Å²) in [4.78, 5) is 7.70. The van der Waals surface area contributed by atoms with Gasteiger partial charge in [-0.3, -0.25) is 4.90 Å². The van der Waals surface area contributed by atoms with Gasteiger partial charge < -0.3 is 9.80 Å². The first-order valence-corrected chi connectivity index (χ1v) is 21.8. The number of halogens is 1. The second kappa shape index (κ2) is 14.0. The maximum absolute atomic E-state index is 3.45. The summed E-state index contributed by atoms with van der Waals surface area (Å²) < 4.78 is 1.10. The Bertz CT molecular complexity index is 1130. The lowest BCUT2D eigenvalue weighted by atomic mass is 10.0. The van der Waals surface area contributed by atoms with Crippen molar-refractivity contribution in [3.05, 3.63) is 64.1 Å². The number of hydrogen-bond donors (Lipinski definition) is 0. The van der Waals surface area contributed by atoms with Crippen molar-refractivity contribution in [2.75, 3.05) is 51.2 Å². The van der Waals surface area contributed by atoms with Crippen LogP contribution in [0.25, 0.3) is 0 Å². The Kier molecular flexibility index (Phi) is 11.3. The van der Waals surface area contributed by atoms with Crippen LogP contribution in [0.15, 0.2) is 53.0 Å². The summed E-state index contributed by atoms with van der Waals surface area (Å²) in [6, 6.07) is 17.8. The zero-order valence-electron chi connectivity index (χ0n) is 24.6. The van der Waals surface area contributed by atoms with Crippen LogP contribution in [0.3, 0.4) is 0 Å². The van der Waals surface area contributed by atoms with E-state index in [0.717, 1.165) is 21.6 Å². The zero-order chi connectivity index (χ0) is 27.8. The molecule has 4 rings (SSSR count). The Morgan fingerprint density at radius 2 is 1.11 bits per heavy atom. The summed E-state index contributed by atoms with van der Waals surface area (Å²) in [7, 11) is -0.286. The number of benzene rings is 2. The Hall–Kier alpha value is -1.81. The lowest BCUT2D eigenvalue weighted by Crippen LogP contribution is -2.52. The molecule has 0 aromatic heterocycles. The van der Waals surface area contributed by atoms with E-state index in [1.807, 2.05) is 24.3 Å². The maximum Gasteiger partial charge on any atom is 0.129 e. The van der Waals surface area contributed by atoms with Crippen molar-refractivity contribution in [1.82, 2.24) is 9.80 Å². The molecule has 2 aliphatic rings.